The van der Waals surface area contributed by atoms with Gasteiger partial charge in [-0.15, -0.1) is 24.0 Å². The summed E-state index contributed by atoms with van der Waals surface area (Å²) in [5.41, 5.74) is 0. The van der Waals surface area contributed by atoms with E-state index in [4.69, 9.17) is 0 Å². The van der Waals surface area contributed by atoms with Crippen LogP contribution in [0.2, 0.25) is 0 Å². The lowest BCUT2D eigenvalue weighted by atomic mass is 10.2. The Balaban J connectivity index is 0.00000200. The Bertz CT molecular complexity index is 476. The number of hydrogen-bond donors (Lipinski definition) is 1. The molecule has 0 aromatic carbocycles. The molecule has 2 aliphatic rings. The molecule has 1 heterocycles. The number of nitrogens with zero attached hydrogens (tertiary/aromatic N) is 2. The molecule has 2 rings (SSSR count). The molecular weight excluding hydrogens is 389 g/mol. The normalized spacial score (nSPS) is 31.4. The molecule has 5 nitrogen and oxygen atoms in total. The highest BCUT2D eigenvalue weighted by atomic mass is 127. The van der Waals surface area contributed by atoms with E-state index in [1.807, 2.05) is 0 Å². The third kappa shape index (κ3) is 3.78. The van der Waals surface area contributed by atoms with Gasteiger partial charge in [-0.05, 0) is 32.1 Å². The minimum Gasteiger partial charge on any atom is -0.356 e. The summed E-state index contributed by atoms with van der Waals surface area (Å²) in [5.74, 6) is 2.60. The van der Waals surface area contributed by atoms with Gasteiger partial charge < -0.3 is 10.2 Å². The molecule has 0 bridgehead atoms. The molecule has 2 unspecified atom stereocenters. The minimum atomic E-state index is -2.99. The Labute approximate surface area is 139 Å². The molecule has 1 N–H and O–H groups in total. The first-order valence-corrected chi connectivity index (χ1v) is 8.60. The van der Waals surface area contributed by atoms with Crippen molar-refractivity contribution in [2.24, 2.45) is 16.8 Å². The molecule has 118 valence electrons. The van der Waals surface area contributed by atoms with Crippen molar-refractivity contribution < 1.29 is 8.42 Å². The Kier molecular flexibility index (Phi) is 5.74. The van der Waals surface area contributed by atoms with E-state index >= 15 is 0 Å². The molecule has 20 heavy (non-hydrogen) atoms. The summed E-state index contributed by atoms with van der Waals surface area (Å²) < 4.78 is 23.3. The van der Waals surface area contributed by atoms with E-state index < -0.39 is 14.6 Å². The summed E-state index contributed by atoms with van der Waals surface area (Å²) in [4.78, 5) is 6.35. The summed E-state index contributed by atoms with van der Waals surface area (Å²) in [5, 5.41) is 3.38. The van der Waals surface area contributed by atoms with Crippen LogP contribution in [0.25, 0.3) is 0 Å². The van der Waals surface area contributed by atoms with Crippen molar-refractivity contribution in [2.45, 2.75) is 31.9 Å². The average Bonchev–Trinajstić information content (AvgIpc) is 3.00. The second-order valence-electron chi connectivity index (χ2n) is 6.40. The van der Waals surface area contributed by atoms with Gasteiger partial charge in [0, 0.05) is 26.7 Å². The van der Waals surface area contributed by atoms with Gasteiger partial charge in [-0.25, -0.2) is 8.42 Å². The van der Waals surface area contributed by atoms with Gasteiger partial charge in [0.05, 0.1) is 10.5 Å². The van der Waals surface area contributed by atoms with E-state index in [2.05, 4.69) is 22.1 Å². The topological polar surface area (TPSA) is 61.8 Å². The van der Waals surface area contributed by atoms with Crippen molar-refractivity contribution in [3.63, 3.8) is 0 Å². The zero-order valence-corrected chi connectivity index (χ0v) is 15.9. The van der Waals surface area contributed by atoms with E-state index in [1.54, 1.807) is 20.9 Å². The first-order valence-electron chi connectivity index (χ1n) is 6.95. The lowest BCUT2D eigenvalue weighted by molar-refractivity contribution is 0.352. The van der Waals surface area contributed by atoms with Crippen molar-refractivity contribution in [3.8, 4) is 0 Å². The number of sulfone groups is 1. The Hall–Kier alpha value is -0.0500. The fourth-order valence-electron chi connectivity index (χ4n) is 2.56. The van der Waals surface area contributed by atoms with E-state index in [0.717, 1.165) is 24.3 Å². The van der Waals surface area contributed by atoms with Crippen LogP contribution in [0, 0.1) is 11.8 Å². The monoisotopic (exact) mass is 415 g/mol. The van der Waals surface area contributed by atoms with Crippen LogP contribution in [-0.4, -0.2) is 56.5 Å². The van der Waals surface area contributed by atoms with E-state index in [0.29, 0.717) is 13.1 Å². The number of hydrogen-bond acceptors (Lipinski definition) is 3. The van der Waals surface area contributed by atoms with Crippen LogP contribution in [0.15, 0.2) is 4.99 Å². The third-order valence-corrected chi connectivity index (χ3v) is 6.89. The summed E-state index contributed by atoms with van der Waals surface area (Å²) in [6, 6.07) is 0. The zero-order valence-electron chi connectivity index (χ0n) is 12.7. The highest BCUT2D eigenvalue weighted by Gasteiger charge is 2.41. The van der Waals surface area contributed by atoms with Crippen LogP contribution >= 0.6 is 24.0 Å². The largest absolute Gasteiger partial charge is 0.356 e. The molecular formula is C13H26IN3O2S. The molecule has 0 radical (unpaired) electrons. The second kappa shape index (κ2) is 6.37. The van der Waals surface area contributed by atoms with E-state index in [-0.39, 0.29) is 29.7 Å². The van der Waals surface area contributed by atoms with Gasteiger partial charge in [0.1, 0.15) is 0 Å². The maximum absolute atomic E-state index is 12.0. The Morgan fingerprint density at radius 3 is 2.50 bits per heavy atom. The van der Waals surface area contributed by atoms with Crippen LogP contribution in [0.5, 0.6) is 0 Å². The van der Waals surface area contributed by atoms with Crippen molar-refractivity contribution in [1.29, 1.82) is 0 Å². The smallest absolute Gasteiger partial charge is 0.193 e. The third-order valence-electron chi connectivity index (χ3n) is 4.35. The highest BCUT2D eigenvalue weighted by molar-refractivity contribution is 14.0. The maximum atomic E-state index is 12.0. The van der Waals surface area contributed by atoms with Crippen LogP contribution < -0.4 is 5.32 Å². The second-order valence-corrected chi connectivity index (χ2v) is 9.14. The van der Waals surface area contributed by atoms with Crippen LogP contribution in [0.4, 0.5) is 0 Å². The highest BCUT2D eigenvalue weighted by Crippen LogP contribution is 2.36. The van der Waals surface area contributed by atoms with Gasteiger partial charge >= 0.3 is 0 Å². The minimum absolute atomic E-state index is 0. The summed E-state index contributed by atoms with van der Waals surface area (Å²) >= 11 is 0. The molecule has 1 aliphatic carbocycles. The van der Waals surface area contributed by atoms with Gasteiger partial charge in [0.15, 0.2) is 15.8 Å². The summed E-state index contributed by atoms with van der Waals surface area (Å²) in [6.45, 7) is 7.83. The van der Waals surface area contributed by atoms with Gasteiger partial charge in [-0.3, -0.25) is 4.99 Å². The molecule has 0 spiro atoms. The number of rotatable bonds is 2. The number of guanidine groups is 1. The fourth-order valence-corrected chi connectivity index (χ4v) is 3.93. The predicted molar refractivity (Wildman–Crippen MR) is 93.5 cm³/mol. The molecule has 0 amide bonds. The molecule has 1 saturated heterocycles. The van der Waals surface area contributed by atoms with E-state index in [9.17, 15) is 8.42 Å². The Morgan fingerprint density at radius 2 is 2.05 bits per heavy atom. The lowest BCUT2D eigenvalue weighted by Crippen LogP contribution is -2.57. The van der Waals surface area contributed by atoms with Gasteiger partial charge in [0.2, 0.25) is 0 Å². The quantitative estimate of drug-likeness (QED) is 0.420. The van der Waals surface area contributed by atoms with Gasteiger partial charge in [0.25, 0.3) is 0 Å². The number of halogens is 1. The van der Waals surface area contributed by atoms with Crippen molar-refractivity contribution in [3.05, 3.63) is 0 Å². The standard InChI is InChI=1S/C13H25N3O2S.HI/c1-10-7-11(10)8-15-12(14-4)16-5-6-19(17,18)13(2,3)9-16;/h10-11H,5-9H2,1-4H3,(H,14,15);1H. The number of aliphatic imine (C=N–C) groups is 1. The van der Waals surface area contributed by atoms with Crippen LogP contribution in [0.3, 0.4) is 0 Å². The first kappa shape index (κ1) is 18.0. The molecule has 7 heteroatoms. The van der Waals surface area contributed by atoms with Crippen LogP contribution in [-0.2, 0) is 9.84 Å². The fraction of sp³-hybridized carbons (Fsp3) is 0.923. The van der Waals surface area contributed by atoms with Crippen LogP contribution in [0.1, 0.15) is 27.2 Å². The predicted octanol–water partition coefficient (Wildman–Crippen LogP) is 1.34. The average molecular weight is 415 g/mol. The number of nitrogens with one attached hydrogen (secondary N) is 1. The van der Waals surface area contributed by atoms with Gasteiger partial charge in [-0.1, -0.05) is 6.92 Å². The lowest BCUT2D eigenvalue weighted by Gasteiger charge is -2.39. The maximum Gasteiger partial charge on any atom is 0.193 e. The molecule has 0 aromatic rings. The van der Waals surface area contributed by atoms with Gasteiger partial charge in [-0.2, -0.15) is 0 Å². The molecule has 0 aromatic heterocycles. The first-order chi connectivity index (χ1) is 8.77. The molecule has 1 saturated carbocycles. The molecule has 2 atom stereocenters. The summed E-state index contributed by atoms with van der Waals surface area (Å²) in [7, 11) is -1.23. The zero-order chi connectivity index (χ0) is 14.3. The van der Waals surface area contributed by atoms with Crippen molar-refractivity contribution >= 4 is 39.8 Å². The molecule has 1 aliphatic heterocycles. The van der Waals surface area contributed by atoms with Crippen molar-refractivity contribution in [2.75, 3.05) is 32.4 Å². The summed E-state index contributed by atoms with van der Waals surface area (Å²) in [6.07, 6.45) is 1.28. The van der Waals surface area contributed by atoms with E-state index in [1.165, 1.54) is 6.42 Å². The molecule has 2 fully saturated rings. The Morgan fingerprint density at radius 1 is 1.45 bits per heavy atom. The SMILES string of the molecule is CN=C(NCC1CC1C)N1CCS(=O)(=O)C(C)(C)C1.I. The van der Waals surface area contributed by atoms with Crippen molar-refractivity contribution in [1.82, 2.24) is 10.2 Å².